The van der Waals surface area contributed by atoms with Crippen molar-refractivity contribution in [2.75, 3.05) is 10.6 Å². The Morgan fingerprint density at radius 2 is 0.957 bits per heavy atom. The predicted molar refractivity (Wildman–Crippen MR) is 164 cm³/mol. The molecule has 4 aromatic rings. The Morgan fingerprint density at radius 3 is 1.26 bits per heavy atom. The van der Waals surface area contributed by atoms with Gasteiger partial charge in [0.25, 0.3) is 11.8 Å². The second-order valence-corrected chi connectivity index (χ2v) is 11.0. The first kappa shape index (κ1) is 32.9. The molecule has 15 heteroatoms. The van der Waals surface area contributed by atoms with Crippen LogP contribution in [0.3, 0.4) is 0 Å². The van der Waals surface area contributed by atoms with Crippen LogP contribution >= 0.6 is 0 Å². The summed E-state index contributed by atoms with van der Waals surface area (Å²) in [7, 11) is 0. The maximum atomic E-state index is 12.6. The van der Waals surface area contributed by atoms with Crippen LogP contribution in [0.2, 0.25) is 0 Å². The van der Waals surface area contributed by atoms with E-state index in [1.54, 1.807) is 76.2 Å². The lowest BCUT2D eigenvalue weighted by atomic mass is 10.0. The van der Waals surface area contributed by atoms with E-state index < -0.39 is 41.9 Å². The van der Waals surface area contributed by atoms with E-state index in [0.717, 1.165) is 0 Å². The zero-order valence-electron chi connectivity index (χ0n) is 25.2. The number of aliphatic carboxylic acids is 2. The fourth-order valence-electron chi connectivity index (χ4n) is 4.23. The Morgan fingerprint density at radius 1 is 0.609 bits per heavy atom. The minimum Gasteiger partial charge on any atom is -0.480 e. The minimum atomic E-state index is -1.16. The third-order valence-electron chi connectivity index (χ3n) is 6.78. The minimum absolute atomic E-state index is 0.139. The first-order chi connectivity index (χ1) is 21.8. The van der Waals surface area contributed by atoms with Crippen molar-refractivity contribution in [3.63, 3.8) is 0 Å². The van der Waals surface area contributed by atoms with E-state index in [0.29, 0.717) is 33.9 Å². The molecule has 0 saturated carbocycles. The normalized spacial score (nSPS) is 12.3. The van der Waals surface area contributed by atoms with E-state index in [1.165, 1.54) is 12.1 Å². The van der Waals surface area contributed by atoms with Gasteiger partial charge in [0.15, 0.2) is 0 Å². The molecule has 15 nitrogen and oxygen atoms in total. The van der Waals surface area contributed by atoms with E-state index in [9.17, 15) is 34.2 Å². The summed E-state index contributed by atoms with van der Waals surface area (Å²) in [5.74, 6) is -4.65. The van der Waals surface area contributed by atoms with Gasteiger partial charge in [0, 0.05) is 34.6 Å². The number of carbonyl (C=O) groups is 5. The maximum absolute atomic E-state index is 12.6. The number of urea groups is 1. The Hall–Kier alpha value is -5.99. The average molecular weight is 633 g/mol. The van der Waals surface area contributed by atoms with Crippen molar-refractivity contribution in [1.82, 2.24) is 20.9 Å². The van der Waals surface area contributed by atoms with Crippen molar-refractivity contribution in [3.8, 4) is 22.5 Å². The number of carbonyl (C=O) groups excluding carboxylic acids is 3. The largest absolute Gasteiger partial charge is 0.480 e. The third-order valence-corrected chi connectivity index (χ3v) is 6.78. The number of carboxylic acid groups (broad SMARTS) is 2. The van der Waals surface area contributed by atoms with Gasteiger partial charge < -0.3 is 40.5 Å². The van der Waals surface area contributed by atoms with Gasteiger partial charge in [-0.25, -0.2) is 14.4 Å². The van der Waals surface area contributed by atoms with Gasteiger partial charge in [0.2, 0.25) is 11.5 Å². The van der Waals surface area contributed by atoms with Crippen molar-refractivity contribution >= 4 is 41.2 Å². The van der Waals surface area contributed by atoms with E-state index in [-0.39, 0.29) is 23.4 Å². The van der Waals surface area contributed by atoms with Crippen LogP contribution in [0, 0.1) is 11.8 Å². The first-order valence-corrected chi connectivity index (χ1v) is 14.1. The SMILES string of the molecule is CC(C)C(NC(=O)c1cc(-c2ccc(NC(=O)Nc3ccc(-c4cc(C(=O)NC(C(=O)O)C(C)C)on4)cc3)cc2)no1)C(=O)O. The van der Waals surface area contributed by atoms with Crippen LogP contribution in [0.1, 0.15) is 48.8 Å². The molecule has 2 aromatic heterocycles. The van der Waals surface area contributed by atoms with Crippen LogP contribution in [0.25, 0.3) is 22.5 Å². The van der Waals surface area contributed by atoms with Crippen molar-refractivity contribution in [2.24, 2.45) is 11.8 Å². The summed E-state index contributed by atoms with van der Waals surface area (Å²) in [5, 5.41) is 36.5. The monoisotopic (exact) mass is 632 g/mol. The van der Waals surface area contributed by atoms with Crippen LogP contribution < -0.4 is 21.3 Å². The number of benzene rings is 2. The fraction of sp³-hybridized carbons (Fsp3) is 0.258. The molecule has 0 saturated heterocycles. The molecule has 4 rings (SSSR count). The Balaban J connectivity index is 1.31. The first-order valence-electron chi connectivity index (χ1n) is 14.1. The molecule has 2 heterocycles. The molecule has 6 N–H and O–H groups in total. The van der Waals surface area contributed by atoms with E-state index in [4.69, 9.17) is 9.05 Å². The highest BCUT2D eigenvalue weighted by molar-refractivity contribution is 6.00. The summed E-state index contributed by atoms with van der Waals surface area (Å²) in [6.45, 7) is 6.69. The summed E-state index contributed by atoms with van der Waals surface area (Å²) in [6, 6.07) is 13.3. The molecular weight excluding hydrogens is 600 g/mol. The van der Waals surface area contributed by atoms with Gasteiger partial charge in [0.05, 0.1) is 0 Å². The van der Waals surface area contributed by atoms with Crippen LogP contribution in [0.4, 0.5) is 16.2 Å². The lowest BCUT2D eigenvalue weighted by molar-refractivity contribution is -0.141. The van der Waals surface area contributed by atoms with Crippen LogP contribution in [-0.4, -0.2) is 62.4 Å². The molecule has 2 unspecified atom stereocenters. The molecule has 46 heavy (non-hydrogen) atoms. The third kappa shape index (κ3) is 8.13. The maximum Gasteiger partial charge on any atom is 0.326 e. The van der Waals surface area contributed by atoms with Gasteiger partial charge in [-0.15, -0.1) is 0 Å². The molecule has 4 amide bonds. The number of nitrogens with zero attached hydrogens (tertiary/aromatic N) is 2. The number of anilines is 2. The summed E-state index contributed by atoms with van der Waals surface area (Å²) in [4.78, 5) is 60.1. The summed E-state index contributed by atoms with van der Waals surface area (Å²) < 4.78 is 10.2. The molecule has 0 aliphatic heterocycles. The molecule has 0 radical (unpaired) electrons. The number of rotatable bonds is 12. The highest BCUT2D eigenvalue weighted by Gasteiger charge is 2.27. The highest BCUT2D eigenvalue weighted by Crippen LogP contribution is 2.24. The van der Waals surface area contributed by atoms with Crippen LogP contribution in [0.5, 0.6) is 0 Å². The molecule has 0 fully saturated rings. The Labute approximate surface area is 262 Å². The van der Waals surface area contributed by atoms with Crippen LogP contribution in [0.15, 0.2) is 69.7 Å². The molecule has 0 aliphatic rings. The topological polar surface area (TPSA) is 226 Å². The number of amides is 4. The molecule has 2 aromatic carbocycles. The zero-order valence-corrected chi connectivity index (χ0v) is 25.2. The molecule has 240 valence electrons. The molecule has 0 spiro atoms. The number of hydrogen-bond donors (Lipinski definition) is 6. The van der Waals surface area contributed by atoms with Gasteiger partial charge in [-0.3, -0.25) is 9.59 Å². The number of nitrogens with one attached hydrogen (secondary N) is 4. The standard InChI is InChI=1S/C31H32N6O9/c1-15(2)25(29(40)41)34-27(38)23-13-21(36-45-23)17-5-9-19(10-6-17)32-31(44)33-20-11-7-18(8-12-20)22-14-24(46-37-22)28(39)35-26(16(3)4)30(42)43/h5-16,25-26H,1-4H3,(H,34,38)(H,35,39)(H,40,41)(H,42,43)(H2,32,33,44). The summed E-state index contributed by atoms with van der Waals surface area (Å²) in [6.07, 6.45) is 0. The number of aromatic nitrogens is 2. The Bertz CT molecular complexity index is 1600. The highest BCUT2D eigenvalue weighted by atomic mass is 16.5. The van der Waals surface area contributed by atoms with Crippen molar-refractivity contribution < 1.29 is 43.2 Å². The lowest BCUT2D eigenvalue weighted by Crippen LogP contribution is -2.44. The smallest absolute Gasteiger partial charge is 0.326 e. The average Bonchev–Trinajstić information content (AvgIpc) is 3.70. The van der Waals surface area contributed by atoms with Gasteiger partial charge in [-0.2, -0.15) is 0 Å². The van der Waals surface area contributed by atoms with Gasteiger partial charge in [0.1, 0.15) is 23.5 Å². The van der Waals surface area contributed by atoms with E-state index in [2.05, 4.69) is 31.6 Å². The second kappa shape index (κ2) is 14.2. The number of carboxylic acids is 2. The molecule has 0 bridgehead atoms. The summed E-state index contributed by atoms with van der Waals surface area (Å²) >= 11 is 0. The van der Waals surface area contributed by atoms with Gasteiger partial charge >= 0.3 is 18.0 Å². The second-order valence-electron chi connectivity index (χ2n) is 11.0. The Kier molecular flexibility index (Phi) is 10.2. The lowest BCUT2D eigenvalue weighted by Gasteiger charge is -2.16. The fourth-order valence-corrected chi connectivity index (χ4v) is 4.23. The zero-order chi connectivity index (χ0) is 33.5. The van der Waals surface area contributed by atoms with E-state index >= 15 is 0 Å². The van der Waals surface area contributed by atoms with Crippen molar-refractivity contribution in [3.05, 3.63) is 72.2 Å². The van der Waals surface area contributed by atoms with Crippen molar-refractivity contribution in [1.29, 1.82) is 0 Å². The predicted octanol–water partition coefficient (Wildman–Crippen LogP) is 4.32. The molecule has 2 atom stereocenters. The quantitative estimate of drug-likeness (QED) is 0.129. The van der Waals surface area contributed by atoms with Crippen LogP contribution in [-0.2, 0) is 9.59 Å². The van der Waals surface area contributed by atoms with E-state index in [1.807, 2.05) is 0 Å². The van der Waals surface area contributed by atoms with Crippen molar-refractivity contribution in [2.45, 2.75) is 39.8 Å². The molecule has 0 aliphatic carbocycles. The van der Waals surface area contributed by atoms with Gasteiger partial charge in [-0.1, -0.05) is 62.3 Å². The van der Waals surface area contributed by atoms with Gasteiger partial charge in [-0.05, 0) is 36.1 Å². The molecular formula is C31H32N6O9. The number of hydrogen-bond acceptors (Lipinski definition) is 9. The summed E-state index contributed by atoms with van der Waals surface area (Å²) in [5.41, 5.74) is 2.82.